The molecule has 0 aliphatic carbocycles. The van der Waals surface area contributed by atoms with Gasteiger partial charge in [-0.2, -0.15) is 0 Å². The van der Waals surface area contributed by atoms with E-state index in [0.29, 0.717) is 31.3 Å². The van der Waals surface area contributed by atoms with Gasteiger partial charge in [-0.25, -0.2) is 4.79 Å². The normalized spacial score (nSPS) is 15.6. The average Bonchev–Trinajstić information content (AvgIpc) is 2.61. The zero-order chi connectivity index (χ0) is 16.5. The number of benzene rings is 2. The smallest absolute Gasteiger partial charge is 0.322 e. The maximum Gasteiger partial charge on any atom is 0.322 e. The van der Waals surface area contributed by atoms with Crippen molar-refractivity contribution in [2.24, 2.45) is 0 Å². The lowest BCUT2D eigenvalue weighted by atomic mass is 9.99. The van der Waals surface area contributed by atoms with E-state index in [2.05, 4.69) is 5.32 Å². The summed E-state index contributed by atoms with van der Waals surface area (Å²) in [5.41, 5.74) is 3.06. The Kier molecular flexibility index (Phi) is 3.94. The number of carbonyl (C=O) groups is 1. The van der Waals surface area contributed by atoms with Crippen LogP contribution in [0.4, 0.5) is 10.5 Å². The molecule has 2 aliphatic heterocycles. The summed E-state index contributed by atoms with van der Waals surface area (Å²) in [7, 11) is 0. The second kappa shape index (κ2) is 6.24. The van der Waals surface area contributed by atoms with Crippen LogP contribution in [0.5, 0.6) is 11.5 Å². The average molecular weight is 345 g/mol. The van der Waals surface area contributed by atoms with Crippen molar-refractivity contribution in [3.8, 4) is 11.5 Å². The Balaban J connectivity index is 1.49. The summed E-state index contributed by atoms with van der Waals surface area (Å²) in [5.74, 6) is 1.57. The van der Waals surface area contributed by atoms with Crippen molar-refractivity contribution in [3.63, 3.8) is 0 Å². The van der Waals surface area contributed by atoms with Gasteiger partial charge in [-0.05, 0) is 53.9 Å². The summed E-state index contributed by atoms with van der Waals surface area (Å²) in [6.45, 7) is 2.38. The fourth-order valence-corrected chi connectivity index (χ4v) is 3.13. The molecular formula is C18H17ClN2O3. The van der Waals surface area contributed by atoms with E-state index >= 15 is 0 Å². The number of urea groups is 1. The number of rotatable bonds is 1. The molecule has 5 nitrogen and oxygen atoms in total. The largest absolute Gasteiger partial charge is 0.486 e. The van der Waals surface area contributed by atoms with Gasteiger partial charge in [-0.15, -0.1) is 0 Å². The lowest BCUT2D eigenvalue weighted by molar-refractivity contribution is 0.170. The molecule has 2 amide bonds. The molecule has 6 heteroatoms. The van der Waals surface area contributed by atoms with Crippen LogP contribution in [-0.2, 0) is 13.0 Å². The van der Waals surface area contributed by atoms with Crippen LogP contribution in [0.2, 0.25) is 5.02 Å². The molecule has 0 atom stereocenters. The molecule has 0 radical (unpaired) electrons. The quantitative estimate of drug-likeness (QED) is 0.858. The molecule has 4 rings (SSSR count). The monoisotopic (exact) mass is 344 g/mol. The second-order valence-corrected chi connectivity index (χ2v) is 6.31. The molecule has 2 aromatic rings. The Labute approximate surface area is 145 Å². The summed E-state index contributed by atoms with van der Waals surface area (Å²) >= 11 is 5.87. The van der Waals surface area contributed by atoms with Gasteiger partial charge in [-0.3, -0.25) is 0 Å². The maximum absolute atomic E-state index is 12.5. The highest BCUT2D eigenvalue weighted by Gasteiger charge is 2.24. The molecule has 0 fully saturated rings. The topological polar surface area (TPSA) is 50.8 Å². The minimum Gasteiger partial charge on any atom is -0.486 e. The lowest BCUT2D eigenvalue weighted by Crippen LogP contribution is -2.39. The van der Waals surface area contributed by atoms with Crippen LogP contribution in [0.15, 0.2) is 36.4 Å². The van der Waals surface area contributed by atoms with Crippen molar-refractivity contribution in [2.45, 2.75) is 13.0 Å². The van der Waals surface area contributed by atoms with E-state index in [0.717, 1.165) is 29.2 Å². The molecule has 124 valence electrons. The van der Waals surface area contributed by atoms with Crippen molar-refractivity contribution in [3.05, 3.63) is 52.5 Å². The highest BCUT2D eigenvalue weighted by atomic mass is 35.5. The van der Waals surface area contributed by atoms with Crippen LogP contribution < -0.4 is 14.8 Å². The predicted molar refractivity (Wildman–Crippen MR) is 92.0 cm³/mol. The molecule has 0 aromatic heterocycles. The third kappa shape index (κ3) is 2.99. The number of nitrogens with zero attached hydrogens (tertiary/aromatic N) is 1. The first kappa shape index (κ1) is 15.1. The molecule has 0 unspecified atom stereocenters. The molecule has 0 bridgehead atoms. The number of hydrogen-bond donors (Lipinski definition) is 1. The van der Waals surface area contributed by atoms with Gasteiger partial charge in [0.05, 0.1) is 0 Å². The van der Waals surface area contributed by atoms with Gasteiger partial charge in [0, 0.05) is 23.8 Å². The summed E-state index contributed by atoms with van der Waals surface area (Å²) in [6, 6.07) is 11.0. The van der Waals surface area contributed by atoms with Crippen LogP contribution >= 0.6 is 11.6 Å². The van der Waals surface area contributed by atoms with Crippen LogP contribution in [-0.4, -0.2) is 30.7 Å². The SMILES string of the molecule is O=C(Nc1ccc(Cl)cc1)N1CCc2cc3c(cc2C1)OCCO3. The van der Waals surface area contributed by atoms with Gasteiger partial charge >= 0.3 is 6.03 Å². The Bertz CT molecular complexity index is 777. The first-order valence-corrected chi connectivity index (χ1v) is 8.30. The van der Waals surface area contributed by atoms with E-state index in [1.54, 1.807) is 29.2 Å². The van der Waals surface area contributed by atoms with Crippen LogP contribution in [0.3, 0.4) is 0 Å². The fourth-order valence-electron chi connectivity index (χ4n) is 3.00. The van der Waals surface area contributed by atoms with Gasteiger partial charge in [-0.1, -0.05) is 11.6 Å². The number of carbonyl (C=O) groups excluding carboxylic acids is 1. The summed E-state index contributed by atoms with van der Waals surface area (Å²) in [4.78, 5) is 14.3. The first-order chi connectivity index (χ1) is 11.7. The number of nitrogens with one attached hydrogen (secondary N) is 1. The van der Waals surface area contributed by atoms with Crippen molar-refractivity contribution < 1.29 is 14.3 Å². The molecule has 1 N–H and O–H groups in total. The molecule has 0 saturated heterocycles. The molecule has 0 spiro atoms. The molecule has 2 heterocycles. The van der Waals surface area contributed by atoms with E-state index in [4.69, 9.17) is 21.1 Å². The van der Waals surface area contributed by atoms with E-state index < -0.39 is 0 Å². The minimum atomic E-state index is -0.113. The summed E-state index contributed by atoms with van der Waals surface area (Å²) in [5, 5.41) is 3.55. The maximum atomic E-state index is 12.5. The van der Waals surface area contributed by atoms with E-state index in [-0.39, 0.29) is 6.03 Å². The Hall–Kier alpha value is -2.40. The van der Waals surface area contributed by atoms with Gasteiger partial charge in [0.2, 0.25) is 0 Å². The third-order valence-corrected chi connectivity index (χ3v) is 4.51. The van der Waals surface area contributed by atoms with Crippen molar-refractivity contribution in [1.29, 1.82) is 0 Å². The number of hydrogen-bond acceptors (Lipinski definition) is 3. The van der Waals surface area contributed by atoms with Gasteiger partial charge < -0.3 is 19.7 Å². The summed E-state index contributed by atoms with van der Waals surface area (Å²) < 4.78 is 11.3. The van der Waals surface area contributed by atoms with Crippen molar-refractivity contribution in [2.75, 3.05) is 25.1 Å². The predicted octanol–water partition coefficient (Wildman–Crippen LogP) is 3.70. The molecular weight excluding hydrogens is 328 g/mol. The third-order valence-electron chi connectivity index (χ3n) is 4.26. The van der Waals surface area contributed by atoms with E-state index in [1.165, 1.54) is 5.56 Å². The van der Waals surface area contributed by atoms with Crippen LogP contribution in [0.25, 0.3) is 0 Å². The number of ether oxygens (including phenoxy) is 2. The zero-order valence-electron chi connectivity index (χ0n) is 13.0. The van der Waals surface area contributed by atoms with Crippen molar-refractivity contribution in [1.82, 2.24) is 4.90 Å². The van der Waals surface area contributed by atoms with Crippen LogP contribution in [0, 0.1) is 0 Å². The lowest BCUT2D eigenvalue weighted by Gasteiger charge is -2.30. The summed E-state index contributed by atoms with van der Waals surface area (Å²) in [6.07, 6.45) is 0.806. The van der Waals surface area contributed by atoms with Gasteiger partial charge in [0.15, 0.2) is 11.5 Å². The fraction of sp³-hybridized carbons (Fsp3) is 0.278. The Morgan fingerprint density at radius 3 is 2.42 bits per heavy atom. The number of halogens is 1. The standard InChI is InChI=1S/C18H17ClN2O3/c19-14-1-3-15(4-2-14)20-18(22)21-6-5-12-9-16-17(10-13(12)11-21)24-8-7-23-16/h1-4,9-10H,5-8,11H2,(H,20,22). The molecule has 0 saturated carbocycles. The number of amides is 2. The first-order valence-electron chi connectivity index (χ1n) is 7.92. The Morgan fingerprint density at radius 1 is 1.04 bits per heavy atom. The van der Waals surface area contributed by atoms with Gasteiger partial charge in [0.25, 0.3) is 0 Å². The van der Waals surface area contributed by atoms with Crippen LogP contribution in [0.1, 0.15) is 11.1 Å². The van der Waals surface area contributed by atoms with E-state index in [9.17, 15) is 4.79 Å². The van der Waals surface area contributed by atoms with E-state index in [1.807, 2.05) is 12.1 Å². The second-order valence-electron chi connectivity index (χ2n) is 5.87. The van der Waals surface area contributed by atoms with Crippen molar-refractivity contribution >= 4 is 23.3 Å². The highest BCUT2D eigenvalue weighted by Crippen LogP contribution is 2.35. The highest BCUT2D eigenvalue weighted by molar-refractivity contribution is 6.30. The molecule has 24 heavy (non-hydrogen) atoms. The number of fused-ring (bicyclic) bond motifs is 2. The molecule has 2 aliphatic rings. The Morgan fingerprint density at radius 2 is 1.71 bits per heavy atom. The minimum absolute atomic E-state index is 0.113. The zero-order valence-corrected chi connectivity index (χ0v) is 13.8. The number of anilines is 1. The molecule has 2 aromatic carbocycles. The van der Waals surface area contributed by atoms with Gasteiger partial charge in [0.1, 0.15) is 13.2 Å².